The number of esters is 1. The lowest BCUT2D eigenvalue weighted by Gasteiger charge is -2.08. The molecule has 0 aromatic heterocycles. The molecule has 0 aliphatic carbocycles. The van der Waals surface area contributed by atoms with Crippen molar-refractivity contribution in [2.24, 2.45) is 0 Å². The van der Waals surface area contributed by atoms with Crippen LogP contribution in [0.25, 0.3) is 0 Å². The number of hydrogen-bond acceptors (Lipinski definition) is 5. The molecule has 0 saturated heterocycles. The SMILES string of the molecule is COc1ccc(C(=O)COC(=O)c2ccc(Cl)cc2N)cc1F. The van der Waals surface area contributed by atoms with Gasteiger partial charge in [0.1, 0.15) is 0 Å². The molecule has 0 saturated carbocycles. The van der Waals surface area contributed by atoms with Crippen molar-refractivity contribution in [3.05, 3.63) is 58.4 Å². The second-order valence-corrected chi connectivity index (χ2v) is 5.02. The maximum atomic E-state index is 13.6. The Morgan fingerprint density at radius 1 is 1.22 bits per heavy atom. The van der Waals surface area contributed by atoms with Crippen molar-refractivity contribution in [2.75, 3.05) is 19.5 Å². The number of halogens is 2. The van der Waals surface area contributed by atoms with Crippen LogP contribution in [0.15, 0.2) is 36.4 Å². The molecule has 0 fully saturated rings. The lowest BCUT2D eigenvalue weighted by atomic mass is 10.1. The molecule has 0 bridgehead atoms. The van der Waals surface area contributed by atoms with E-state index in [4.69, 9.17) is 26.8 Å². The summed E-state index contributed by atoms with van der Waals surface area (Å²) in [5, 5.41) is 0.379. The van der Waals surface area contributed by atoms with Gasteiger partial charge < -0.3 is 15.2 Å². The molecule has 120 valence electrons. The second kappa shape index (κ2) is 7.11. The Hall–Kier alpha value is -2.60. The first-order valence-corrected chi connectivity index (χ1v) is 6.89. The smallest absolute Gasteiger partial charge is 0.340 e. The number of methoxy groups -OCH3 is 1. The molecule has 0 atom stereocenters. The van der Waals surface area contributed by atoms with Gasteiger partial charge in [-0.05, 0) is 36.4 Å². The van der Waals surface area contributed by atoms with Crippen molar-refractivity contribution < 1.29 is 23.5 Å². The van der Waals surface area contributed by atoms with E-state index >= 15 is 0 Å². The van der Waals surface area contributed by atoms with E-state index < -0.39 is 24.2 Å². The average molecular weight is 338 g/mol. The number of rotatable bonds is 5. The number of nitrogens with two attached hydrogens (primary N) is 1. The van der Waals surface area contributed by atoms with Crippen molar-refractivity contribution in [1.29, 1.82) is 0 Å². The molecule has 2 aromatic rings. The van der Waals surface area contributed by atoms with Crippen LogP contribution < -0.4 is 10.5 Å². The van der Waals surface area contributed by atoms with E-state index in [1.54, 1.807) is 0 Å². The Morgan fingerprint density at radius 2 is 1.96 bits per heavy atom. The molecular weight excluding hydrogens is 325 g/mol. The first kappa shape index (κ1) is 16.8. The van der Waals surface area contributed by atoms with E-state index in [2.05, 4.69) is 0 Å². The molecule has 2 N–H and O–H groups in total. The predicted octanol–water partition coefficient (Wildman–Crippen LogP) is 3.11. The largest absolute Gasteiger partial charge is 0.494 e. The molecule has 0 aliphatic rings. The fourth-order valence-corrected chi connectivity index (χ4v) is 2.03. The highest BCUT2D eigenvalue weighted by Crippen LogP contribution is 2.20. The standard InChI is InChI=1S/C16H13ClFNO4/c1-22-15-5-2-9(6-12(15)18)14(20)8-23-16(21)11-4-3-10(17)7-13(11)19/h2-7H,8,19H2,1H3. The van der Waals surface area contributed by atoms with Gasteiger partial charge in [-0.15, -0.1) is 0 Å². The highest BCUT2D eigenvalue weighted by molar-refractivity contribution is 6.31. The monoisotopic (exact) mass is 337 g/mol. The van der Waals surface area contributed by atoms with Crippen LogP contribution >= 0.6 is 11.6 Å². The summed E-state index contributed by atoms with van der Waals surface area (Å²) in [5.41, 5.74) is 5.97. The van der Waals surface area contributed by atoms with E-state index in [-0.39, 0.29) is 22.6 Å². The fourth-order valence-electron chi connectivity index (χ4n) is 1.85. The maximum Gasteiger partial charge on any atom is 0.340 e. The third-order valence-corrected chi connectivity index (χ3v) is 3.28. The number of ether oxygens (including phenoxy) is 2. The van der Waals surface area contributed by atoms with Gasteiger partial charge >= 0.3 is 5.97 Å². The van der Waals surface area contributed by atoms with Crippen LogP contribution in [0.5, 0.6) is 5.75 Å². The van der Waals surface area contributed by atoms with Crippen LogP contribution in [-0.2, 0) is 4.74 Å². The molecule has 0 aliphatic heterocycles. The van der Waals surface area contributed by atoms with Crippen molar-refractivity contribution in [3.63, 3.8) is 0 Å². The minimum absolute atomic E-state index is 0.0208. The van der Waals surface area contributed by atoms with Crippen LogP contribution in [0.1, 0.15) is 20.7 Å². The number of hydrogen-bond donors (Lipinski definition) is 1. The van der Waals surface area contributed by atoms with Crippen LogP contribution in [0.3, 0.4) is 0 Å². The minimum atomic E-state index is -0.762. The van der Waals surface area contributed by atoms with Gasteiger partial charge in [0.15, 0.2) is 24.0 Å². The summed E-state index contributed by atoms with van der Waals surface area (Å²) in [6.45, 7) is -0.535. The first-order chi connectivity index (χ1) is 10.9. The topological polar surface area (TPSA) is 78.6 Å². The molecule has 2 aromatic carbocycles. The Balaban J connectivity index is 2.04. The van der Waals surface area contributed by atoms with Crippen molar-refractivity contribution >= 4 is 29.0 Å². The van der Waals surface area contributed by atoms with Crippen LogP contribution in [0, 0.1) is 5.82 Å². The molecule has 0 radical (unpaired) electrons. The van der Waals surface area contributed by atoms with Crippen molar-refractivity contribution in [2.45, 2.75) is 0 Å². The van der Waals surface area contributed by atoms with Gasteiger partial charge in [-0.2, -0.15) is 0 Å². The quantitative estimate of drug-likeness (QED) is 0.515. The van der Waals surface area contributed by atoms with Crippen LogP contribution in [0.4, 0.5) is 10.1 Å². The molecule has 0 heterocycles. The number of anilines is 1. The second-order valence-electron chi connectivity index (χ2n) is 4.58. The summed E-state index contributed by atoms with van der Waals surface area (Å²) in [5.74, 6) is -1.96. The van der Waals surface area contributed by atoms with Crippen LogP contribution in [-0.4, -0.2) is 25.5 Å². The number of ketones is 1. The van der Waals surface area contributed by atoms with E-state index in [1.807, 2.05) is 0 Å². The van der Waals surface area contributed by atoms with Gasteiger partial charge in [0, 0.05) is 16.3 Å². The first-order valence-electron chi connectivity index (χ1n) is 6.51. The third kappa shape index (κ3) is 3.98. The molecular formula is C16H13ClFNO4. The number of benzene rings is 2. The molecule has 5 nitrogen and oxygen atoms in total. The summed E-state index contributed by atoms with van der Waals surface area (Å²) in [6.07, 6.45) is 0. The highest BCUT2D eigenvalue weighted by atomic mass is 35.5. The van der Waals surface area contributed by atoms with Crippen LogP contribution in [0.2, 0.25) is 5.02 Å². The molecule has 0 unspecified atom stereocenters. The summed E-state index contributed by atoms with van der Waals surface area (Å²) < 4.78 is 23.2. The summed E-state index contributed by atoms with van der Waals surface area (Å²) in [6, 6.07) is 8.01. The Kier molecular flexibility index (Phi) is 5.18. The molecule has 2 rings (SSSR count). The molecule has 23 heavy (non-hydrogen) atoms. The Bertz CT molecular complexity index is 764. The number of carbonyl (C=O) groups excluding carboxylic acids is 2. The van der Waals surface area contributed by atoms with Crippen molar-refractivity contribution in [1.82, 2.24) is 0 Å². The third-order valence-electron chi connectivity index (χ3n) is 3.04. The van der Waals surface area contributed by atoms with Gasteiger partial charge in [0.2, 0.25) is 0 Å². The van der Waals surface area contributed by atoms with Gasteiger partial charge in [0.25, 0.3) is 0 Å². The molecule has 0 amide bonds. The van der Waals surface area contributed by atoms with E-state index in [9.17, 15) is 14.0 Å². The number of Topliss-reactive ketones (excluding diaryl/α,β-unsaturated/α-hetero) is 1. The summed E-state index contributed by atoms with van der Waals surface area (Å²) >= 11 is 5.74. The summed E-state index contributed by atoms with van der Waals surface area (Å²) in [4.78, 5) is 23.8. The lowest BCUT2D eigenvalue weighted by molar-refractivity contribution is 0.0475. The zero-order chi connectivity index (χ0) is 17.0. The minimum Gasteiger partial charge on any atom is -0.494 e. The zero-order valence-corrected chi connectivity index (χ0v) is 12.9. The fraction of sp³-hybridized carbons (Fsp3) is 0.125. The predicted molar refractivity (Wildman–Crippen MR) is 83.4 cm³/mol. The Morgan fingerprint density at radius 3 is 2.57 bits per heavy atom. The molecule has 7 heteroatoms. The van der Waals surface area contributed by atoms with Gasteiger partial charge in [0.05, 0.1) is 12.7 Å². The van der Waals surface area contributed by atoms with Crippen molar-refractivity contribution in [3.8, 4) is 5.75 Å². The van der Waals surface area contributed by atoms with E-state index in [0.29, 0.717) is 5.02 Å². The number of carbonyl (C=O) groups is 2. The average Bonchev–Trinajstić information content (AvgIpc) is 2.52. The summed E-state index contributed by atoms with van der Waals surface area (Å²) in [7, 11) is 1.32. The maximum absolute atomic E-state index is 13.6. The highest BCUT2D eigenvalue weighted by Gasteiger charge is 2.15. The van der Waals surface area contributed by atoms with Gasteiger partial charge in [-0.25, -0.2) is 9.18 Å². The molecule has 0 spiro atoms. The Labute approximate surface area is 136 Å². The van der Waals surface area contributed by atoms with Gasteiger partial charge in [-0.3, -0.25) is 4.79 Å². The van der Waals surface area contributed by atoms with Gasteiger partial charge in [-0.1, -0.05) is 11.6 Å². The van der Waals surface area contributed by atoms with E-state index in [1.165, 1.54) is 37.4 Å². The van der Waals surface area contributed by atoms with E-state index in [0.717, 1.165) is 6.07 Å². The number of nitrogen functional groups attached to an aromatic ring is 1. The lowest BCUT2D eigenvalue weighted by Crippen LogP contribution is -2.15. The normalized spacial score (nSPS) is 10.2. The zero-order valence-electron chi connectivity index (χ0n) is 12.1.